The number of hydrazine groups is 1. The maximum absolute atomic E-state index is 10.6. The quantitative estimate of drug-likeness (QED) is 0.377. The van der Waals surface area contributed by atoms with Crippen LogP contribution >= 0.6 is 0 Å². The molecule has 15 heavy (non-hydrogen) atoms. The molecule has 0 aliphatic rings. The number of anilines is 2. The third kappa shape index (κ3) is 2.74. The van der Waals surface area contributed by atoms with Crippen LogP contribution in [0.15, 0.2) is 6.20 Å². The molecule has 82 valence electrons. The van der Waals surface area contributed by atoms with Crippen LogP contribution in [0.3, 0.4) is 0 Å². The van der Waals surface area contributed by atoms with Crippen molar-refractivity contribution in [3.05, 3.63) is 16.3 Å². The van der Waals surface area contributed by atoms with Crippen molar-refractivity contribution in [3.63, 3.8) is 0 Å². The number of nitrogens with one attached hydrogen (secondary N) is 2. The van der Waals surface area contributed by atoms with Gasteiger partial charge in [-0.25, -0.2) is 10.8 Å². The van der Waals surface area contributed by atoms with E-state index in [9.17, 15) is 10.1 Å². The fraction of sp³-hybridized carbons (Fsp3) is 0.429. The Morgan fingerprint density at radius 1 is 1.60 bits per heavy atom. The van der Waals surface area contributed by atoms with Crippen LogP contribution in [0.5, 0.6) is 0 Å². The summed E-state index contributed by atoms with van der Waals surface area (Å²) in [6.07, 6.45) is 1.10. The van der Waals surface area contributed by atoms with Crippen LogP contribution in [0.1, 0.15) is 13.8 Å². The van der Waals surface area contributed by atoms with E-state index in [-0.39, 0.29) is 23.5 Å². The van der Waals surface area contributed by atoms with Gasteiger partial charge in [0, 0.05) is 6.04 Å². The molecular weight excluding hydrogens is 200 g/mol. The van der Waals surface area contributed by atoms with E-state index in [1.165, 1.54) is 0 Å². The molecule has 1 rings (SSSR count). The number of hydrogen-bond acceptors (Lipinski definition) is 7. The number of nitrogen functional groups attached to an aromatic ring is 1. The number of nitrogens with two attached hydrogens (primary N) is 1. The molecule has 0 aromatic carbocycles. The first-order valence-electron chi connectivity index (χ1n) is 4.29. The molecule has 1 aromatic heterocycles. The summed E-state index contributed by atoms with van der Waals surface area (Å²) in [6, 6.07) is 0.0317. The van der Waals surface area contributed by atoms with Crippen molar-refractivity contribution in [1.82, 2.24) is 9.97 Å². The SMILES string of the molecule is CC(C)Nc1nc(NN)ncc1[N+](=O)[O-]. The van der Waals surface area contributed by atoms with Crippen molar-refractivity contribution in [2.45, 2.75) is 19.9 Å². The average molecular weight is 212 g/mol. The van der Waals surface area contributed by atoms with E-state index in [4.69, 9.17) is 5.84 Å². The van der Waals surface area contributed by atoms with Gasteiger partial charge in [-0.3, -0.25) is 15.5 Å². The Labute approximate surface area is 86.0 Å². The lowest BCUT2D eigenvalue weighted by molar-refractivity contribution is -0.384. The van der Waals surface area contributed by atoms with Crippen molar-refractivity contribution in [3.8, 4) is 0 Å². The Bertz CT molecular complexity index is 366. The number of aromatic nitrogens is 2. The zero-order valence-corrected chi connectivity index (χ0v) is 8.39. The standard InChI is InChI=1S/C7H12N6O2/c1-4(2)10-6-5(13(14)15)3-9-7(11-6)12-8/h3-4H,8H2,1-2H3,(H2,9,10,11,12). The molecule has 0 spiro atoms. The van der Waals surface area contributed by atoms with Crippen molar-refractivity contribution in [1.29, 1.82) is 0 Å². The molecule has 1 heterocycles. The molecule has 0 unspecified atom stereocenters. The Balaban J connectivity index is 3.10. The summed E-state index contributed by atoms with van der Waals surface area (Å²) in [5.41, 5.74) is 2.04. The van der Waals surface area contributed by atoms with Gasteiger partial charge < -0.3 is 5.32 Å². The molecular formula is C7H12N6O2. The lowest BCUT2D eigenvalue weighted by Crippen LogP contribution is -2.16. The number of hydrogen-bond donors (Lipinski definition) is 3. The third-order valence-corrected chi connectivity index (χ3v) is 1.52. The molecule has 1 aromatic rings. The van der Waals surface area contributed by atoms with Crippen LogP contribution in [0.25, 0.3) is 0 Å². The molecule has 0 fully saturated rings. The molecule has 8 nitrogen and oxygen atoms in total. The summed E-state index contributed by atoms with van der Waals surface area (Å²) in [6.45, 7) is 3.70. The molecule has 0 atom stereocenters. The Morgan fingerprint density at radius 3 is 2.73 bits per heavy atom. The van der Waals surface area contributed by atoms with E-state index >= 15 is 0 Å². The predicted octanol–water partition coefficient (Wildman–Crippen LogP) is 0.491. The smallest absolute Gasteiger partial charge is 0.329 e. The maximum Gasteiger partial charge on any atom is 0.329 e. The minimum absolute atomic E-state index is 0.0317. The summed E-state index contributed by atoms with van der Waals surface area (Å²) in [5.74, 6) is 5.38. The lowest BCUT2D eigenvalue weighted by Gasteiger charge is -2.09. The van der Waals surface area contributed by atoms with E-state index in [1.807, 2.05) is 13.8 Å². The fourth-order valence-electron chi connectivity index (χ4n) is 0.958. The van der Waals surface area contributed by atoms with Gasteiger partial charge in [0.25, 0.3) is 0 Å². The van der Waals surface area contributed by atoms with Gasteiger partial charge in [-0.1, -0.05) is 0 Å². The largest absolute Gasteiger partial charge is 0.362 e. The van der Waals surface area contributed by atoms with Crippen molar-refractivity contribution in [2.24, 2.45) is 5.84 Å². The van der Waals surface area contributed by atoms with Crippen LogP contribution in [-0.4, -0.2) is 20.9 Å². The van der Waals surface area contributed by atoms with Gasteiger partial charge >= 0.3 is 5.69 Å². The summed E-state index contributed by atoms with van der Waals surface area (Å²) in [7, 11) is 0. The minimum atomic E-state index is -0.551. The molecule has 0 bridgehead atoms. The summed E-state index contributed by atoms with van der Waals surface area (Å²) in [4.78, 5) is 17.6. The summed E-state index contributed by atoms with van der Waals surface area (Å²) < 4.78 is 0. The average Bonchev–Trinajstić information content (AvgIpc) is 2.16. The second-order valence-electron chi connectivity index (χ2n) is 3.13. The normalized spacial score (nSPS) is 10.1. The Hall–Kier alpha value is -1.96. The third-order valence-electron chi connectivity index (χ3n) is 1.52. The molecule has 0 radical (unpaired) electrons. The van der Waals surface area contributed by atoms with Crippen LogP contribution in [0.2, 0.25) is 0 Å². The van der Waals surface area contributed by atoms with E-state index in [2.05, 4.69) is 20.7 Å². The monoisotopic (exact) mass is 212 g/mol. The first kappa shape index (κ1) is 11.1. The van der Waals surface area contributed by atoms with E-state index in [0.29, 0.717) is 0 Å². The number of nitro groups is 1. The first-order chi connectivity index (χ1) is 7.04. The van der Waals surface area contributed by atoms with Gasteiger partial charge in [-0.05, 0) is 13.8 Å². The zero-order valence-electron chi connectivity index (χ0n) is 8.39. The van der Waals surface area contributed by atoms with Gasteiger partial charge in [0.2, 0.25) is 11.8 Å². The Kier molecular flexibility index (Phi) is 3.34. The first-order valence-corrected chi connectivity index (χ1v) is 4.29. The Morgan fingerprint density at radius 2 is 2.27 bits per heavy atom. The number of rotatable bonds is 4. The molecule has 0 amide bonds. The topological polar surface area (TPSA) is 119 Å². The molecule has 0 saturated carbocycles. The highest BCUT2D eigenvalue weighted by atomic mass is 16.6. The fourth-order valence-corrected chi connectivity index (χ4v) is 0.958. The van der Waals surface area contributed by atoms with Gasteiger partial charge in [-0.15, -0.1) is 0 Å². The van der Waals surface area contributed by atoms with Gasteiger partial charge in [0.05, 0.1) is 4.92 Å². The van der Waals surface area contributed by atoms with Gasteiger partial charge in [0.15, 0.2) is 0 Å². The summed E-state index contributed by atoms with van der Waals surface area (Å²) in [5, 5.41) is 13.5. The van der Waals surface area contributed by atoms with Crippen LogP contribution in [-0.2, 0) is 0 Å². The van der Waals surface area contributed by atoms with Crippen molar-refractivity contribution < 1.29 is 4.92 Å². The second-order valence-corrected chi connectivity index (χ2v) is 3.13. The predicted molar refractivity (Wildman–Crippen MR) is 55.3 cm³/mol. The second kappa shape index (κ2) is 4.51. The molecule has 4 N–H and O–H groups in total. The zero-order chi connectivity index (χ0) is 11.4. The van der Waals surface area contributed by atoms with Crippen molar-refractivity contribution >= 4 is 17.5 Å². The highest BCUT2D eigenvalue weighted by Gasteiger charge is 2.17. The molecule has 0 saturated heterocycles. The van der Waals surface area contributed by atoms with E-state index in [0.717, 1.165) is 6.20 Å². The van der Waals surface area contributed by atoms with Crippen LogP contribution in [0.4, 0.5) is 17.5 Å². The van der Waals surface area contributed by atoms with E-state index < -0.39 is 4.92 Å². The lowest BCUT2D eigenvalue weighted by atomic mass is 10.3. The maximum atomic E-state index is 10.6. The summed E-state index contributed by atoms with van der Waals surface area (Å²) >= 11 is 0. The van der Waals surface area contributed by atoms with Crippen molar-refractivity contribution in [2.75, 3.05) is 10.7 Å². The highest BCUT2D eigenvalue weighted by molar-refractivity contribution is 5.57. The molecule has 0 aliphatic heterocycles. The van der Waals surface area contributed by atoms with E-state index in [1.54, 1.807) is 0 Å². The van der Waals surface area contributed by atoms with Crippen LogP contribution < -0.4 is 16.6 Å². The van der Waals surface area contributed by atoms with Gasteiger partial charge in [0.1, 0.15) is 6.20 Å². The highest BCUT2D eigenvalue weighted by Crippen LogP contribution is 2.22. The molecule has 0 aliphatic carbocycles. The minimum Gasteiger partial charge on any atom is -0.362 e. The number of nitrogens with zero attached hydrogens (tertiary/aromatic N) is 3. The molecule has 8 heteroatoms. The van der Waals surface area contributed by atoms with Gasteiger partial charge in [-0.2, -0.15) is 4.98 Å². The van der Waals surface area contributed by atoms with Crippen LogP contribution in [0, 0.1) is 10.1 Å².